The summed E-state index contributed by atoms with van der Waals surface area (Å²) in [7, 11) is -3.29. The number of benzene rings is 1. The van der Waals surface area contributed by atoms with Crippen LogP contribution in [-0.2, 0) is 19.4 Å². The van der Waals surface area contributed by atoms with Crippen molar-refractivity contribution in [3.05, 3.63) is 47.8 Å². The fourth-order valence-corrected chi connectivity index (χ4v) is 3.62. The number of Topliss-reactive ketones (excluding diaryl/α,β-unsaturated/α-hetero) is 1. The fourth-order valence-electron chi connectivity index (χ4n) is 2.99. The number of rotatable bonds is 5. The third-order valence-electron chi connectivity index (χ3n) is 4.90. The molecule has 1 aliphatic heterocycles. The van der Waals surface area contributed by atoms with Gasteiger partial charge in [0.1, 0.15) is 5.76 Å². The first kappa shape index (κ1) is 19.4. The average molecular weight is 388 g/mol. The Labute approximate surface area is 159 Å². The Kier molecular flexibility index (Phi) is 4.76. The summed E-state index contributed by atoms with van der Waals surface area (Å²) in [5.41, 5.74) is 0.909. The highest BCUT2D eigenvalue weighted by Crippen LogP contribution is 2.43. The zero-order valence-electron chi connectivity index (χ0n) is 16.2. The van der Waals surface area contributed by atoms with Crippen molar-refractivity contribution in [1.29, 1.82) is 0 Å². The molecule has 2 aromatic rings. The van der Waals surface area contributed by atoms with E-state index in [2.05, 4.69) is 5.10 Å². The van der Waals surface area contributed by atoms with Crippen molar-refractivity contribution in [1.82, 2.24) is 9.78 Å². The highest BCUT2D eigenvalue weighted by atomic mass is 32.2. The van der Waals surface area contributed by atoms with Gasteiger partial charge in [0.25, 0.3) is 0 Å². The van der Waals surface area contributed by atoms with Crippen LogP contribution in [0, 0.1) is 0 Å². The summed E-state index contributed by atoms with van der Waals surface area (Å²) in [6.07, 6.45) is 5.20. The van der Waals surface area contributed by atoms with E-state index in [0.717, 1.165) is 6.26 Å². The Bertz CT molecular complexity index is 1020. The van der Waals surface area contributed by atoms with E-state index in [-0.39, 0.29) is 16.7 Å². The largest absolute Gasteiger partial charge is 0.478 e. The molecule has 3 rings (SSSR count). The maximum absolute atomic E-state index is 13.1. The van der Waals surface area contributed by atoms with E-state index in [9.17, 15) is 13.2 Å². The van der Waals surface area contributed by atoms with E-state index < -0.39 is 15.4 Å². The Hall–Kier alpha value is -2.41. The summed E-state index contributed by atoms with van der Waals surface area (Å²) >= 11 is 0. The normalized spacial score (nSPS) is 20.4. The quantitative estimate of drug-likeness (QED) is 0.783. The van der Waals surface area contributed by atoms with Crippen LogP contribution in [0.25, 0.3) is 11.3 Å². The summed E-state index contributed by atoms with van der Waals surface area (Å²) in [5.74, 6) is 0.378. The molecule has 0 radical (unpaired) electrons. The summed E-state index contributed by atoms with van der Waals surface area (Å²) in [5, 5.41) is 4.34. The minimum absolute atomic E-state index is 0.0875. The van der Waals surface area contributed by atoms with Crippen LogP contribution in [0.4, 0.5) is 0 Å². The van der Waals surface area contributed by atoms with Crippen molar-refractivity contribution in [3.8, 4) is 0 Å². The molecule has 1 atom stereocenters. The Morgan fingerprint density at radius 1 is 1.19 bits per heavy atom. The predicted molar refractivity (Wildman–Crippen MR) is 104 cm³/mol. The molecule has 0 bridgehead atoms. The Balaban J connectivity index is 2.14. The molecule has 6 nitrogen and oxygen atoms in total. The van der Waals surface area contributed by atoms with E-state index in [0.29, 0.717) is 28.9 Å². The van der Waals surface area contributed by atoms with Gasteiger partial charge in [-0.15, -0.1) is 0 Å². The van der Waals surface area contributed by atoms with Crippen LogP contribution in [0.2, 0.25) is 0 Å². The van der Waals surface area contributed by atoms with E-state index in [1.165, 1.54) is 12.1 Å². The number of carbonyl (C=O) groups is 1. The lowest BCUT2D eigenvalue weighted by Crippen LogP contribution is -2.32. The number of ether oxygens (including phenoxy) is 1. The van der Waals surface area contributed by atoms with E-state index >= 15 is 0 Å². The smallest absolute Gasteiger partial charge is 0.210 e. The lowest BCUT2D eigenvalue weighted by molar-refractivity contribution is -0.126. The van der Waals surface area contributed by atoms with Crippen LogP contribution in [0.1, 0.15) is 51.3 Å². The highest BCUT2D eigenvalue weighted by Gasteiger charge is 2.45. The van der Waals surface area contributed by atoms with Gasteiger partial charge < -0.3 is 4.74 Å². The zero-order chi connectivity index (χ0) is 20.0. The van der Waals surface area contributed by atoms with Crippen molar-refractivity contribution in [2.45, 2.75) is 50.7 Å². The molecule has 0 amide bonds. The van der Waals surface area contributed by atoms with Gasteiger partial charge in [0.15, 0.2) is 15.4 Å². The molecular formula is C20H24N2O4S. The van der Waals surface area contributed by atoms with Gasteiger partial charge in [0.05, 0.1) is 16.7 Å². The number of hydrogen-bond acceptors (Lipinski definition) is 5. The first-order valence-electron chi connectivity index (χ1n) is 8.90. The molecule has 0 aliphatic carbocycles. The van der Waals surface area contributed by atoms with Crippen molar-refractivity contribution < 1.29 is 17.9 Å². The molecule has 1 aromatic carbocycles. The van der Waals surface area contributed by atoms with Crippen molar-refractivity contribution in [3.63, 3.8) is 0 Å². The highest BCUT2D eigenvalue weighted by molar-refractivity contribution is 7.90. The van der Waals surface area contributed by atoms with Crippen LogP contribution in [-0.4, -0.2) is 35.8 Å². The van der Waals surface area contributed by atoms with Crippen LogP contribution < -0.4 is 0 Å². The molecule has 27 heavy (non-hydrogen) atoms. The summed E-state index contributed by atoms with van der Waals surface area (Å²) < 4.78 is 31.3. The monoisotopic (exact) mass is 388 g/mol. The van der Waals surface area contributed by atoms with Gasteiger partial charge in [-0.1, -0.05) is 6.92 Å². The maximum Gasteiger partial charge on any atom is 0.210 e. The van der Waals surface area contributed by atoms with Crippen molar-refractivity contribution >= 4 is 27.0 Å². The van der Waals surface area contributed by atoms with Crippen LogP contribution >= 0.6 is 0 Å². The molecule has 1 aliphatic rings. The number of hydrogen-bond donors (Lipinski definition) is 0. The summed E-state index contributed by atoms with van der Waals surface area (Å²) in [4.78, 5) is 13.4. The third-order valence-corrected chi connectivity index (χ3v) is 6.03. The molecule has 0 saturated heterocycles. The van der Waals surface area contributed by atoms with Gasteiger partial charge in [-0.25, -0.2) is 8.42 Å². The second kappa shape index (κ2) is 6.64. The average Bonchev–Trinajstić information content (AvgIpc) is 3.19. The molecule has 0 N–H and O–H groups in total. The van der Waals surface area contributed by atoms with Gasteiger partial charge >= 0.3 is 0 Å². The van der Waals surface area contributed by atoms with Gasteiger partial charge in [-0.2, -0.15) is 5.10 Å². The topological polar surface area (TPSA) is 78.3 Å². The SMILES string of the molecule is CCC1(C)OC(c2ccc(S(C)(=O)=O)cc2)=C(c2cnn(C(C)C)c2)C1=O. The van der Waals surface area contributed by atoms with Crippen molar-refractivity contribution in [2.24, 2.45) is 0 Å². The minimum Gasteiger partial charge on any atom is -0.478 e. The lowest BCUT2D eigenvalue weighted by atomic mass is 9.91. The Morgan fingerprint density at radius 3 is 2.30 bits per heavy atom. The molecular weight excluding hydrogens is 364 g/mol. The predicted octanol–water partition coefficient (Wildman–Crippen LogP) is 3.50. The zero-order valence-corrected chi connectivity index (χ0v) is 17.0. The molecule has 144 valence electrons. The van der Waals surface area contributed by atoms with Gasteiger partial charge in [-0.3, -0.25) is 9.48 Å². The first-order chi connectivity index (χ1) is 12.6. The molecule has 1 aromatic heterocycles. The van der Waals surface area contributed by atoms with Crippen LogP contribution in [0.5, 0.6) is 0 Å². The van der Waals surface area contributed by atoms with Crippen LogP contribution in [0.3, 0.4) is 0 Å². The minimum atomic E-state index is -3.29. The molecule has 1 unspecified atom stereocenters. The first-order valence-corrected chi connectivity index (χ1v) is 10.8. The standard InChI is InChI=1S/C20H24N2O4S/c1-6-20(4)19(23)17(15-11-21-22(12-15)13(2)3)18(26-20)14-7-9-16(10-8-14)27(5,24)25/h7-13H,6H2,1-5H3. The van der Waals surface area contributed by atoms with Gasteiger partial charge in [-0.05, 0) is 51.5 Å². The lowest BCUT2D eigenvalue weighted by Gasteiger charge is -2.21. The third kappa shape index (κ3) is 3.43. The van der Waals surface area contributed by atoms with E-state index in [4.69, 9.17) is 4.74 Å². The molecule has 2 heterocycles. The summed E-state index contributed by atoms with van der Waals surface area (Å²) in [6, 6.07) is 6.58. The second-order valence-electron chi connectivity index (χ2n) is 7.32. The van der Waals surface area contributed by atoms with E-state index in [1.807, 2.05) is 27.0 Å². The number of nitrogens with zero attached hydrogens (tertiary/aromatic N) is 2. The number of carbonyl (C=O) groups excluding carboxylic acids is 1. The van der Waals surface area contributed by atoms with Gasteiger partial charge in [0, 0.05) is 29.6 Å². The Morgan fingerprint density at radius 2 is 1.81 bits per heavy atom. The molecule has 0 fully saturated rings. The maximum atomic E-state index is 13.1. The molecule has 0 spiro atoms. The molecule has 7 heteroatoms. The fraction of sp³-hybridized carbons (Fsp3) is 0.400. The van der Waals surface area contributed by atoms with Crippen LogP contribution in [0.15, 0.2) is 41.6 Å². The summed E-state index contributed by atoms with van der Waals surface area (Å²) in [6.45, 7) is 7.71. The number of aromatic nitrogens is 2. The van der Waals surface area contributed by atoms with Crippen molar-refractivity contribution in [2.75, 3.05) is 6.26 Å². The van der Waals surface area contributed by atoms with Gasteiger partial charge in [0.2, 0.25) is 5.78 Å². The number of ketones is 1. The number of sulfone groups is 1. The van der Waals surface area contributed by atoms with E-state index in [1.54, 1.807) is 29.9 Å². The molecule has 0 saturated carbocycles. The second-order valence-corrected chi connectivity index (χ2v) is 9.33.